The first-order valence-corrected chi connectivity index (χ1v) is 6.84. The molecule has 116 valence electrons. The standard InChI is InChI=1S/C15H22N2O4/c1-11-5-3-6-12(9-11)10-16-15(20)17-13(14(18)19)7-4-8-21-2/h3,5-6,9,13H,4,7-8,10H2,1-2H3,(H,18,19)(H2,16,17,20). The lowest BCUT2D eigenvalue weighted by Gasteiger charge is -2.15. The van der Waals surface area contributed by atoms with Crippen molar-refractivity contribution in [1.29, 1.82) is 0 Å². The van der Waals surface area contributed by atoms with Crippen molar-refractivity contribution in [3.63, 3.8) is 0 Å². The Balaban J connectivity index is 2.41. The zero-order valence-corrected chi connectivity index (χ0v) is 12.4. The molecular weight excluding hydrogens is 272 g/mol. The summed E-state index contributed by atoms with van der Waals surface area (Å²) in [6, 6.07) is 6.36. The van der Waals surface area contributed by atoms with Crippen LogP contribution < -0.4 is 10.6 Å². The number of carbonyl (C=O) groups is 2. The van der Waals surface area contributed by atoms with Gasteiger partial charge in [0.15, 0.2) is 0 Å². The number of methoxy groups -OCH3 is 1. The van der Waals surface area contributed by atoms with E-state index in [1.807, 2.05) is 31.2 Å². The predicted octanol–water partition coefficient (Wildman–Crippen LogP) is 1.67. The smallest absolute Gasteiger partial charge is 0.326 e. The molecule has 6 heteroatoms. The first-order chi connectivity index (χ1) is 10.0. The normalized spacial score (nSPS) is 11.7. The van der Waals surface area contributed by atoms with E-state index < -0.39 is 18.0 Å². The zero-order valence-electron chi connectivity index (χ0n) is 12.4. The van der Waals surface area contributed by atoms with Crippen LogP contribution in [0, 0.1) is 6.92 Å². The van der Waals surface area contributed by atoms with Gasteiger partial charge in [-0.3, -0.25) is 0 Å². The fraction of sp³-hybridized carbons (Fsp3) is 0.467. The van der Waals surface area contributed by atoms with Crippen LogP contribution in [0.5, 0.6) is 0 Å². The molecule has 2 amide bonds. The molecule has 0 aromatic heterocycles. The van der Waals surface area contributed by atoms with Crippen molar-refractivity contribution in [3.05, 3.63) is 35.4 Å². The Morgan fingerprint density at radius 3 is 2.76 bits per heavy atom. The van der Waals surface area contributed by atoms with Gasteiger partial charge in [-0.25, -0.2) is 9.59 Å². The van der Waals surface area contributed by atoms with E-state index in [2.05, 4.69) is 10.6 Å². The minimum absolute atomic E-state index is 0.334. The molecule has 1 unspecified atom stereocenters. The molecule has 1 aromatic rings. The maximum absolute atomic E-state index is 11.7. The third-order valence-electron chi connectivity index (χ3n) is 2.98. The van der Waals surface area contributed by atoms with Gasteiger partial charge in [0, 0.05) is 20.3 Å². The van der Waals surface area contributed by atoms with Gasteiger partial charge >= 0.3 is 12.0 Å². The number of rotatable bonds is 8. The summed E-state index contributed by atoms with van der Waals surface area (Å²) in [6.07, 6.45) is 0.909. The van der Waals surface area contributed by atoms with Crippen molar-refractivity contribution in [2.24, 2.45) is 0 Å². The maximum atomic E-state index is 11.7. The van der Waals surface area contributed by atoms with Crippen LogP contribution >= 0.6 is 0 Å². The van der Waals surface area contributed by atoms with Crippen LogP contribution in [0.4, 0.5) is 4.79 Å². The Bertz CT molecular complexity index is 476. The Labute approximate surface area is 124 Å². The highest BCUT2D eigenvalue weighted by atomic mass is 16.5. The number of carbonyl (C=O) groups excluding carboxylic acids is 1. The van der Waals surface area contributed by atoms with Crippen LogP contribution in [-0.2, 0) is 16.1 Å². The number of aliphatic carboxylic acids is 1. The number of carboxylic acid groups (broad SMARTS) is 1. The van der Waals surface area contributed by atoms with Crippen molar-refractivity contribution in [2.45, 2.75) is 32.4 Å². The summed E-state index contributed by atoms with van der Waals surface area (Å²) < 4.78 is 4.87. The number of benzene rings is 1. The van der Waals surface area contributed by atoms with E-state index in [9.17, 15) is 9.59 Å². The molecule has 0 saturated heterocycles. The quantitative estimate of drug-likeness (QED) is 0.636. The van der Waals surface area contributed by atoms with Crippen molar-refractivity contribution in [1.82, 2.24) is 10.6 Å². The van der Waals surface area contributed by atoms with Gasteiger partial charge in [-0.15, -0.1) is 0 Å². The first-order valence-electron chi connectivity index (χ1n) is 6.84. The van der Waals surface area contributed by atoms with Crippen LogP contribution in [0.2, 0.25) is 0 Å². The van der Waals surface area contributed by atoms with Gasteiger partial charge in [-0.2, -0.15) is 0 Å². The van der Waals surface area contributed by atoms with Crippen LogP contribution in [0.25, 0.3) is 0 Å². The third kappa shape index (κ3) is 6.76. The van der Waals surface area contributed by atoms with Crippen LogP contribution in [0.3, 0.4) is 0 Å². The maximum Gasteiger partial charge on any atom is 0.326 e. The summed E-state index contributed by atoms with van der Waals surface area (Å²) in [4.78, 5) is 22.8. The van der Waals surface area contributed by atoms with Crippen molar-refractivity contribution in [2.75, 3.05) is 13.7 Å². The molecule has 0 aliphatic heterocycles. The highest BCUT2D eigenvalue weighted by Gasteiger charge is 2.19. The molecule has 1 aromatic carbocycles. The largest absolute Gasteiger partial charge is 0.480 e. The molecule has 0 bridgehead atoms. The number of nitrogens with one attached hydrogen (secondary N) is 2. The summed E-state index contributed by atoms with van der Waals surface area (Å²) in [7, 11) is 1.55. The second kappa shape index (κ2) is 8.97. The van der Waals surface area contributed by atoms with Gasteiger partial charge in [0.05, 0.1) is 0 Å². The lowest BCUT2D eigenvalue weighted by Crippen LogP contribution is -2.45. The third-order valence-corrected chi connectivity index (χ3v) is 2.98. The number of hydrogen-bond donors (Lipinski definition) is 3. The Morgan fingerprint density at radius 2 is 2.14 bits per heavy atom. The Hall–Kier alpha value is -2.08. The van der Waals surface area contributed by atoms with E-state index in [0.29, 0.717) is 26.0 Å². The highest BCUT2D eigenvalue weighted by Crippen LogP contribution is 2.03. The van der Waals surface area contributed by atoms with Gasteiger partial charge in [0.2, 0.25) is 0 Å². The fourth-order valence-electron chi connectivity index (χ4n) is 1.90. The van der Waals surface area contributed by atoms with Gasteiger partial charge in [0.1, 0.15) is 6.04 Å². The SMILES string of the molecule is COCCCC(NC(=O)NCc1cccc(C)c1)C(=O)O. The first kappa shape index (κ1) is 17.0. The molecule has 21 heavy (non-hydrogen) atoms. The Kier molecular flexibility index (Phi) is 7.25. The van der Waals surface area contributed by atoms with Crippen LogP contribution in [-0.4, -0.2) is 36.9 Å². The minimum atomic E-state index is -1.04. The molecule has 0 fully saturated rings. The summed E-state index contributed by atoms with van der Waals surface area (Å²) in [6.45, 7) is 2.80. The topological polar surface area (TPSA) is 87.7 Å². The minimum Gasteiger partial charge on any atom is -0.480 e. The molecule has 0 spiro atoms. The van der Waals surface area contributed by atoms with E-state index in [-0.39, 0.29) is 0 Å². The number of aryl methyl sites for hydroxylation is 1. The number of ether oxygens (including phenoxy) is 1. The average Bonchev–Trinajstić information content (AvgIpc) is 2.44. The molecule has 0 aliphatic rings. The molecule has 0 radical (unpaired) electrons. The van der Waals surface area contributed by atoms with E-state index in [4.69, 9.17) is 9.84 Å². The second-order valence-corrected chi connectivity index (χ2v) is 4.84. The summed E-state index contributed by atoms with van der Waals surface area (Å²) >= 11 is 0. The second-order valence-electron chi connectivity index (χ2n) is 4.84. The molecule has 0 aliphatic carbocycles. The van der Waals surface area contributed by atoms with Crippen molar-refractivity contribution in [3.8, 4) is 0 Å². The summed E-state index contributed by atoms with van der Waals surface area (Å²) in [5.74, 6) is -1.04. The molecule has 0 heterocycles. The molecule has 6 nitrogen and oxygen atoms in total. The Morgan fingerprint density at radius 1 is 1.38 bits per heavy atom. The van der Waals surface area contributed by atoms with Gasteiger partial charge < -0.3 is 20.5 Å². The number of amides is 2. The number of carboxylic acids is 1. The molecule has 0 saturated carbocycles. The molecule has 1 atom stereocenters. The lowest BCUT2D eigenvalue weighted by atomic mass is 10.1. The monoisotopic (exact) mass is 294 g/mol. The summed E-state index contributed by atoms with van der Waals surface area (Å²) in [5, 5.41) is 14.2. The van der Waals surface area contributed by atoms with Gasteiger partial charge in [-0.1, -0.05) is 29.8 Å². The zero-order chi connectivity index (χ0) is 15.7. The van der Waals surface area contributed by atoms with E-state index in [1.54, 1.807) is 7.11 Å². The lowest BCUT2D eigenvalue weighted by molar-refractivity contribution is -0.139. The summed E-state index contributed by atoms with van der Waals surface area (Å²) in [5.41, 5.74) is 2.08. The molecule has 1 rings (SSSR count). The van der Waals surface area contributed by atoms with Gasteiger partial charge in [-0.05, 0) is 25.3 Å². The van der Waals surface area contributed by atoms with Crippen molar-refractivity contribution >= 4 is 12.0 Å². The van der Waals surface area contributed by atoms with E-state index >= 15 is 0 Å². The number of urea groups is 1. The highest BCUT2D eigenvalue weighted by molar-refractivity contribution is 5.82. The van der Waals surface area contributed by atoms with E-state index in [1.165, 1.54) is 0 Å². The number of hydrogen-bond acceptors (Lipinski definition) is 3. The molecule has 3 N–H and O–H groups in total. The fourth-order valence-corrected chi connectivity index (χ4v) is 1.90. The predicted molar refractivity (Wildman–Crippen MR) is 79.1 cm³/mol. The van der Waals surface area contributed by atoms with Crippen LogP contribution in [0.15, 0.2) is 24.3 Å². The van der Waals surface area contributed by atoms with Gasteiger partial charge in [0.25, 0.3) is 0 Å². The molecular formula is C15H22N2O4. The van der Waals surface area contributed by atoms with Crippen LogP contribution in [0.1, 0.15) is 24.0 Å². The van der Waals surface area contributed by atoms with E-state index in [0.717, 1.165) is 11.1 Å². The average molecular weight is 294 g/mol. The van der Waals surface area contributed by atoms with Crippen molar-refractivity contribution < 1.29 is 19.4 Å².